The number of benzene rings is 1. The number of unbranched alkanes of at least 4 members (excludes halogenated alkanes) is 1. The highest BCUT2D eigenvalue weighted by Crippen LogP contribution is 2.36. The van der Waals surface area contributed by atoms with E-state index in [0.717, 1.165) is 12.1 Å². The summed E-state index contributed by atoms with van der Waals surface area (Å²) >= 11 is 0. The van der Waals surface area contributed by atoms with Gasteiger partial charge in [-0.2, -0.15) is 13.2 Å². The van der Waals surface area contributed by atoms with Crippen LogP contribution in [0.15, 0.2) is 48.6 Å². The molecule has 0 bridgehead atoms. The van der Waals surface area contributed by atoms with E-state index >= 15 is 0 Å². The highest BCUT2D eigenvalue weighted by Gasteiger charge is 2.39. The van der Waals surface area contributed by atoms with Crippen LogP contribution in [0.25, 0.3) is 0 Å². The van der Waals surface area contributed by atoms with Crippen LogP contribution < -0.4 is 4.74 Å². The molecule has 0 aliphatic heterocycles. The Balaban J connectivity index is 1.93. The van der Waals surface area contributed by atoms with Crippen LogP contribution in [0, 0.1) is 17.8 Å². The summed E-state index contributed by atoms with van der Waals surface area (Å²) < 4.78 is 43.9. The molecule has 6 nitrogen and oxygen atoms in total. The number of aliphatic hydroxyl groups excluding tert-OH is 3. The smallest absolute Gasteiger partial charge is 0.416 e. The SMILES string of the molecule is O=C(O)CCC/C=C\C[C@@H]1[C@@H](/C=C/C(CO)COc2cccc(C(F)(F)F)c2)[C@H](O)C[C@@H]1O. The molecule has 0 heterocycles. The van der Waals surface area contributed by atoms with Gasteiger partial charge in [0.2, 0.25) is 0 Å². The van der Waals surface area contributed by atoms with Gasteiger partial charge in [-0.05, 0) is 43.4 Å². The van der Waals surface area contributed by atoms with Crippen molar-refractivity contribution in [2.45, 2.75) is 50.5 Å². The highest BCUT2D eigenvalue weighted by atomic mass is 19.4. The summed E-state index contributed by atoms with van der Waals surface area (Å²) in [6.07, 6.45) is 3.12. The summed E-state index contributed by atoms with van der Waals surface area (Å²) in [5.41, 5.74) is -0.821. The van der Waals surface area contributed by atoms with Crippen LogP contribution in [0.4, 0.5) is 13.2 Å². The predicted molar refractivity (Wildman–Crippen MR) is 116 cm³/mol. The number of aliphatic hydroxyl groups is 3. The molecule has 33 heavy (non-hydrogen) atoms. The Morgan fingerprint density at radius 1 is 1.21 bits per heavy atom. The van der Waals surface area contributed by atoms with Gasteiger partial charge in [-0.25, -0.2) is 0 Å². The van der Waals surface area contributed by atoms with E-state index in [2.05, 4.69) is 0 Å². The number of halogens is 3. The molecule has 0 radical (unpaired) electrons. The second kappa shape index (κ2) is 12.8. The second-order valence-corrected chi connectivity index (χ2v) is 8.27. The fourth-order valence-corrected chi connectivity index (χ4v) is 3.87. The number of hydrogen-bond donors (Lipinski definition) is 4. The lowest BCUT2D eigenvalue weighted by Gasteiger charge is -2.20. The van der Waals surface area contributed by atoms with Gasteiger partial charge in [0, 0.05) is 24.7 Å². The molecule has 184 valence electrons. The van der Waals surface area contributed by atoms with Crippen molar-refractivity contribution in [3.05, 3.63) is 54.1 Å². The number of alkyl halides is 3. The molecular formula is C24H31F3O6. The van der Waals surface area contributed by atoms with Gasteiger partial charge in [0.05, 0.1) is 31.0 Å². The summed E-state index contributed by atoms with van der Waals surface area (Å²) in [5, 5.41) is 38.9. The number of carboxylic acid groups (broad SMARTS) is 1. The number of carboxylic acids is 1. The van der Waals surface area contributed by atoms with Crippen molar-refractivity contribution in [3.8, 4) is 5.75 Å². The van der Waals surface area contributed by atoms with Crippen molar-refractivity contribution < 1.29 is 43.1 Å². The van der Waals surface area contributed by atoms with Crippen molar-refractivity contribution in [2.24, 2.45) is 17.8 Å². The van der Waals surface area contributed by atoms with Gasteiger partial charge in [-0.15, -0.1) is 0 Å². The Morgan fingerprint density at radius 3 is 2.64 bits per heavy atom. The predicted octanol–water partition coefficient (Wildman–Crippen LogP) is 3.81. The van der Waals surface area contributed by atoms with Crippen LogP contribution in [0.5, 0.6) is 5.75 Å². The molecule has 2 rings (SSSR count). The zero-order chi connectivity index (χ0) is 24.4. The number of carbonyl (C=O) groups is 1. The summed E-state index contributed by atoms with van der Waals surface area (Å²) in [6.45, 7) is -0.344. The minimum Gasteiger partial charge on any atom is -0.493 e. The first kappa shape index (κ1) is 26.9. The van der Waals surface area contributed by atoms with Crippen molar-refractivity contribution in [3.63, 3.8) is 0 Å². The minimum atomic E-state index is -4.48. The molecule has 1 aromatic rings. The van der Waals surface area contributed by atoms with Gasteiger partial charge in [-0.1, -0.05) is 30.4 Å². The van der Waals surface area contributed by atoms with Gasteiger partial charge >= 0.3 is 12.1 Å². The van der Waals surface area contributed by atoms with Crippen LogP contribution in [-0.2, 0) is 11.0 Å². The van der Waals surface area contributed by atoms with Crippen LogP contribution in [-0.4, -0.2) is 51.8 Å². The summed E-state index contributed by atoms with van der Waals surface area (Å²) in [4.78, 5) is 10.5. The Kier molecular flexibility index (Phi) is 10.4. The van der Waals surface area contributed by atoms with Crippen LogP contribution in [0.3, 0.4) is 0 Å². The maximum absolute atomic E-state index is 12.8. The molecule has 1 saturated carbocycles. The Labute approximate surface area is 191 Å². The van der Waals surface area contributed by atoms with Crippen molar-refractivity contribution in [1.82, 2.24) is 0 Å². The molecular weight excluding hydrogens is 441 g/mol. The maximum Gasteiger partial charge on any atom is 0.416 e. The van der Waals surface area contributed by atoms with Crippen LogP contribution >= 0.6 is 0 Å². The lowest BCUT2D eigenvalue weighted by atomic mass is 9.89. The topological polar surface area (TPSA) is 107 Å². The number of aliphatic carboxylic acids is 1. The molecule has 9 heteroatoms. The molecule has 1 aliphatic carbocycles. The summed E-state index contributed by atoms with van der Waals surface area (Å²) in [7, 11) is 0. The highest BCUT2D eigenvalue weighted by molar-refractivity contribution is 5.66. The van der Waals surface area contributed by atoms with Crippen molar-refractivity contribution in [1.29, 1.82) is 0 Å². The van der Waals surface area contributed by atoms with E-state index in [0.29, 0.717) is 19.3 Å². The molecule has 1 aliphatic rings. The molecule has 1 aromatic carbocycles. The third-order valence-electron chi connectivity index (χ3n) is 5.72. The summed E-state index contributed by atoms with van der Waals surface area (Å²) in [6, 6.07) is 4.50. The molecule has 0 spiro atoms. The van der Waals surface area contributed by atoms with Gasteiger partial charge < -0.3 is 25.2 Å². The summed E-state index contributed by atoms with van der Waals surface area (Å²) in [5.74, 6) is -1.91. The molecule has 0 aromatic heterocycles. The van der Waals surface area contributed by atoms with Crippen LogP contribution in [0.2, 0.25) is 0 Å². The molecule has 1 unspecified atom stereocenters. The largest absolute Gasteiger partial charge is 0.493 e. The minimum absolute atomic E-state index is 0.0407. The van der Waals surface area contributed by atoms with Gasteiger partial charge in [0.15, 0.2) is 0 Å². The van der Waals surface area contributed by atoms with E-state index in [1.807, 2.05) is 12.2 Å². The Morgan fingerprint density at radius 2 is 1.97 bits per heavy atom. The monoisotopic (exact) mass is 472 g/mol. The van der Waals surface area contributed by atoms with Crippen molar-refractivity contribution in [2.75, 3.05) is 13.2 Å². The van der Waals surface area contributed by atoms with E-state index in [1.165, 1.54) is 12.1 Å². The first-order chi connectivity index (χ1) is 15.6. The number of rotatable bonds is 12. The fraction of sp³-hybridized carbons (Fsp3) is 0.542. The molecule has 0 amide bonds. The maximum atomic E-state index is 12.8. The Bertz CT molecular complexity index is 808. The lowest BCUT2D eigenvalue weighted by molar-refractivity contribution is -0.138. The van der Waals surface area contributed by atoms with E-state index < -0.39 is 35.8 Å². The standard InChI is InChI=1S/C24H31F3O6/c25-24(26,27)17-6-5-7-18(12-17)33-15-16(14-28)10-11-20-19(21(29)13-22(20)30)8-3-1-2-4-9-23(31)32/h1,3,5-7,10-12,16,19-22,28-30H,2,4,8-9,13-15H2,(H,31,32)/b3-1-,11-10+/t16?,19-,20-,21+,22-/m1/s1. The number of hydrogen-bond acceptors (Lipinski definition) is 5. The van der Waals surface area contributed by atoms with E-state index in [1.54, 1.807) is 12.2 Å². The third-order valence-corrected chi connectivity index (χ3v) is 5.72. The fourth-order valence-electron chi connectivity index (χ4n) is 3.87. The van der Waals surface area contributed by atoms with Crippen molar-refractivity contribution >= 4 is 5.97 Å². The lowest BCUT2D eigenvalue weighted by Crippen LogP contribution is -2.21. The molecule has 5 atom stereocenters. The van der Waals surface area contributed by atoms with Crippen LogP contribution in [0.1, 0.15) is 37.7 Å². The van der Waals surface area contributed by atoms with E-state index in [-0.39, 0.29) is 43.6 Å². The first-order valence-corrected chi connectivity index (χ1v) is 10.9. The quantitative estimate of drug-likeness (QED) is 0.272. The molecule has 4 N–H and O–H groups in total. The van der Waals surface area contributed by atoms with Gasteiger partial charge in [-0.3, -0.25) is 4.79 Å². The van der Waals surface area contributed by atoms with E-state index in [9.17, 15) is 33.3 Å². The Hall–Kier alpha value is -2.36. The number of ether oxygens (including phenoxy) is 1. The normalized spacial score (nSPS) is 24.5. The third kappa shape index (κ3) is 8.83. The first-order valence-electron chi connectivity index (χ1n) is 10.9. The van der Waals surface area contributed by atoms with Gasteiger partial charge in [0.1, 0.15) is 5.75 Å². The number of allylic oxidation sites excluding steroid dienone is 2. The average molecular weight is 473 g/mol. The average Bonchev–Trinajstić information content (AvgIpc) is 3.02. The van der Waals surface area contributed by atoms with Gasteiger partial charge in [0.25, 0.3) is 0 Å². The molecule has 0 saturated heterocycles. The zero-order valence-corrected chi connectivity index (χ0v) is 18.2. The second-order valence-electron chi connectivity index (χ2n) is 8.27. The molecule has 1 fully saturated rings. The van der Waals surface area contributed by atoms with E-state index in [4.69, 9.17) is 9.84 Å². The zero-order valence-electron chi connectivity index (χ0n) is 18.2.